The molecule has 0 aromatic heterocycles. The van der Waals surface area contributed by atoms with Crippen molar-refractivity contribution in [3.8, 4) is 0 Å². The molecule has 0 aliphatic heterocycles. The number of hydrogen-bond acceptors (Lipinski definition) is 5. The normalized spacial score (nSPS) is 11.6. The van der Waals surface area contributed by atoms with Gasteiger partial charge in [0.2, 0.25) is 0 Å². The van der Waals surface area contributed by atoms with Crippen molar-refractivity contribution in [3.63, 3.8) is 0 Å². The van der Waals surface area contributed by atoms with E-state index in [9.17, 15) is 18.0 Å². The van der Waals surface area contributed by atoms with E-state index in [4.69, 9.17) is 4.74 Å². The summed E-state index contributed by atoms with van der Waals surface area (Å²) in [7, 11) is -3.22. The Hall–Kier alpha value is -2.67. The Kier molecular flexibility index (Phi) is 7.78. The fraction of sp³-hybridized carbons (Fsp3) is 0.391. The van der Waals surface area contributed by atoms with Crippen molar-refractivity contribution in [1.29, 1.82) is 0 Å². The Morgan fingerprint density at radius 2 is 1.53 bits per heavy atom. The first-order chi connectivity index (χ1) is 14.0. The highest BCUT2D eigenvalue weighted by atomic mass is 32.2. The number of hydrogen-bond donors (Lipinski definition) is 1. The standard InChI is InChI=1S/C23H29NO5S/c1-15(2)19-10-7-11-20(16(3)4)22(19)24-21(25)13-29-23(26)18-9-6-8-17(12-18)14-30(5,27)28/h6-12,15-16H,13-14H2,1-5H3,(H,24,25). The Morgan fingerprint density at radius 1 is 0.967 bits per heavy atom. The quantitative estimate of drug-likeness (QED) is 0.630. The van der Waals surface area contributed by atoms with E-state index in [1.54, 1.807) is 12.1 Å². The molecule has 6 nitrogen and oxygen atoms in total. The van der Waals surface area contributed by atoms with Crippen LogP contribution in [0.15, 0.2) is 42.5 Å². The van der Waals surface area contributed by atoms with Gasteiger partial charge < -0.3 is 10.1 Å². The van der Waals surface area contributed by atoms with Gasteiger partial charge in [-0.1, -0.05) is 58.0 Å². The number of nitrogens with one attached hydrogen (secondary N) is 1. The first-order valence-electron chi connectivity index (χ1n) is 9.84. The second-order valence-corrected chi connectivity index (χ2v) is 10.2. The predicted octanol–water partition coefficient (Wildman–Crippen LogP) is 4.27. The third-order valence-corrected chi connectivity index (χ3v) is 5.42. The van der Waals surface area contributed by atoms with E-state index < -0.39 is 28.3 Å². The van der Waals surface area contributed by atoms with E-state index in [2.05, 4.69) is 33.0 Å². The molecule has 7 heteroatoms. The number of carbonyl (C=O) groups excluding carboxylic acids is 2. The van der Waals surface area contributed by atoms with Gasteiger partial charge in [-0.05, 0) is 40.7 Å². The van der Waals surface area contributed by atoms with Gasteiger partial charge in [0, 0.05) is 11.9 Å². The zero-order valence-electron chi connectivity index (χ0n) is 18.1. The second-order valence-electron chi connectivity index (χ2n) is 8.02. The number of carbonyl (C=O) groups is 2. The molecular weight excluding hydrogens is 402 g/mol. The van der Waals surface area contributed by atoms with Crippen LogP contribution in [0, 0.1) is 0 Å². The van der Waals surface area contributed by atoms with Crippen molar-refractivity contribution < 1.29 is 22.7 Å². The lowest BCUT2D eigenvalue weighted by molar-refractivity contribution is -0.119. The molecule has 162 valence electrons. The van der Waals surface area contributed by atoms with E-state index in [0.29, 0.717) is 5.56 Å². The zero-order chi connectivity index (χ0) is 22.5. The Balaban J connectivity index is 2.09. The SMILES string of the molecule is CC(C)c1cccc(C(C)C)c1NC(=O)COC(=O)c1cccc(CS(C)(=O)=O)c1. The lowest BCUT2D eigenvalue weighted by Crippen LogP contribution is -2.22. The molecule has 2 aromatic carbocycles. The van der Waals surface area contributed by atoms with Crippen LogP contribution < -0.4 is 5.32 Å². The number of esters is 1. The van der Waals surface area contributed by atoms with Gasteiger partial charge in [0.15, 0.2) is 16.4 Å². The van der Waals surface area contributed by atoms with Crippen LogP contribution in [0.1, 0.15) is 66.6 Å². The third-order valence-electron chi connectivity index (χ3n) is 4.56. The summed E-state index contributed by atoms with van der Waals surface area (Å²) in [4.78, 5) is 24.8. The topological polar surface area (TPSA) is 89.5 Å². The van der Waals surface area contributed by atoms with Crippen LogP contribution in [-0.2, 0) is 25.1 Å². The molecule has 0 saturated heterocycles. The minimum absolute atomic E-state index is 0.168. The van der Waals surface area contributed by atoms with E-state index in [1.165, 1.54) is 12.1 Å². The highest BCUT2D eigenvalue weighted by Gasteiger charge is 2.17. The van der Waals surface area contributed by atoms with Crippen molar-refractivity contribution in [2.24, 2.45) is 0 Å². The summed E-state index contributed by atoms with van der Waals surface area (Å²) in [6.07, 6.45) is 1.13. The molecule has 2 rings (SSSR count). The van der Waals surface area contributed by atoms with Crippen molar-refractivity contribution in [1.82, 2.24) is 0 Å². The molecule has 0 aliphatic carbocycles. The maximum absolute atomic E-state index is 12.5. The van der Waals surface area contributed by atoms with Crippen LogP contribution in [0.3, 0.4) is 0 Å². The van der Waals surface area contributed by atoms with E-state index in [0.717, 1.165) is 23.1 Å². The summed E-state index contributed by atoms with van der Waals surface area (Å²) >= 11 is 0. The van der Waals surface area contributed by atoms with Crippen molar-refractivity contribution in [3.05, 3.63) is 64.7 Å². The predicted molar refractivity (Wildman–Crippen MR) is 119 cm³/mol. The molecule has 0 spiro atoms. The molecule has 0 heterocycles. The molecule has 2 aromatic rings. The first kappa shape index (κ1) is 23.6. The summed E-state index contributed by atoms with van der Waals surface area (Å²) in [5, 5.41) is 2.90. The molecular formula is C23H29NO5S. The first-order valence-corrected chi connectivity index (χ1v) is 11.9. The molecule has 30 heavy (non-hydrogen) atoms. The van der Waals surface area contributed by atoms with E-state index >= 15 is 0 Å². The monoisotopic (exact) mass is 431 g/mol. The van der Waals surface area contributed by atoms with Crippen LogP contribution in [0.4, 0.5) is 5.69 Å². The van der Waals surface area contributed by atoms with E-state index in [-0.39, 0.29) is 23.2 Å². The second kappa shape index (κ2) is 9.89. The average Bonchev–Trinajstić information content (AvgIpc) is 2.64. The van der Waals surface area contributed by atoms with Gasteiger partial charge in [0.05, 0.1) is 11.3 Å². The Labute approximate surface area is 178 Å². The number of amides is 1. The summed E-state index contributed by atoms with van der Waals surface area (Å²) in [5.74, 6) is -0.830. The largest absolute Gasteiger partial charge is 0.452 e. The van der Waals surface area contributed by atoms with Gasteiger partial charge >= 0.3 is 5.97 Å². The number of para-hydroxylation sites is 1. The van der Waals surface area contributed by atoms with Crippen LogP contribution in [-0.4, -0.2) is 33.2 Å². The lowest BCUT2D eigenvalue weighted by Gasteiger charge is -2.20. The highest BCUT2D eigenvalue weighted by molar-refractivity contribution is 7.89. The number of benzene rings is 2. The van der Waals surface area contributed by atoms with Crippen molar-refractivity contribution in [2.75, 3.05) is 18.2 Å². The molecule has 0 saturated carbocycles. The van der Waals surface area contributed by atoms with Gasteiger partial charge in [-0.25, -0.2) is 13.2 Å². The van der Waals surface area contributed by atoms with Gasteiger partial charge in [0.1, 0.15) is 0 Å². The number of ether oxygens (including phenoxy) is 1. The fourth-order valence-corrected chi connectivity index (χ4v) is 3.96. The Morgan fingerprint density at radius 3 is 2.07 bits per heavy atom. The molecule has 0 aliphatic rings. The van der Waals surface area contributed by atoms with E-state index in [1.807, 2.05) is 18.2 Å². The molecule has 0 atom stereocenters. The lowest BCUT2D eigenvalue weighted by atomic mass is 9.92. The van der Waals surface area contributed by atoms with Crippen LogP contribution >= 0.6 is 0 Å². The minimum Gasteiger partial charge on any atom is -0.452 e. The number of anilines is 1. The zero-order valence-corrected chi connectivity index (χ0v) is 18.9. The smallest absolute Gasteiger partial charge is 0.338 e. The number of rotatable bonds is 8. The van der Waals surface area contributed by atoms with Gasteiger partial charge in [0.25, 0.3) is 5.91 Å². The molecule has 0 bridgehead atoms. The highest BCUT2D eigenvalue weighted by Crippen LogP contribution is 2.32. The van der Waals surface area contributed by atoms with Gasteiger partial charge in [-0.2, -0.15) is 0 Å². The third kappa shape index (κ3) is 6.69. The van der Waals surface area contributed by atoms with Crippen molar-refractivity contribution in [2.45, 2.75) is 45.3 Å². The summed E-state index contributed by atoms with van der Waals surface area (Å²) in [5.41, 5.74) is 3.50. The minimum atomic E-state index is -3.22. The van der Waals surface area contributed by atoms with Crippen LogP contribution in [0.2, 0.25) is 0 Å². The van der Waals surface area contributed by atoms with Crippen molar-refractivity contribution >= 4 is 27.4 Å². The summed E-state index contributed by atoms with van der Waals surface area (Å²) in [6.45, 7) is 7.79. The van der Waals surface area contributed by atoms with Crippen LogP contribution in [0.25, 0.3) is 0 Å². The summed E-state index contributed by atoms with van der Waals surface area (Å²) < 4.78 is 28.1. The maximum atomic E-state index is 12.5. The molecule has 1 N–H and O–H groups in total. The Bertz CT molecular complexity index is 999. The summed E-state index contributed by atoms with van der Waals surface area (Å²) in [6, 6.07) is 12.1. The maximum Gasteiger partial charge on any atom is 0.338 e. The fourth-order valence-electron chi connectivity index (χ4n) is 3.18. The molecule has 1 amide bonds. The molecule has 0 unspecified atom stereocenters. The van der Waals surface area contributed by atoms with Gasteiger partial charge in [-0.3, -0.25) is 4.79 Å². The number of sulfone groups is 1. The molecule has 0 radical (unpaired) electrons. The van der Waals surface area contributed by atoms with Gasteiger partial charge in [-0.15, -0.1) is 0 Å². The average molecular weight is 432 g/mol. The van der Waals surface area contributed by atoms with Crippen LogP contribution in [0.5, 0.6) is 0 Å². The molecule has 0 fully saturated rings.